The van der Waals surface area contributed by atoms with Gasteiger partial charge in [0.25, 0.3) is 11.7 Å². The first-order valence-electron chi connectivity index (χ1n) is 7.45. The van der Waals surface area contributed by atoms with Crippen molar-refractivity contribution < 1.29 is 14.0 Å². The number of fused-ring (bicyclic) bond motifs is 1. The van der Waals surface area contributed by atoms with Crippen molar-refractivity contribution in [1.29, 1.82) is 0 Å². The van der Waals surface area contributed by atoms with Gasteiger partial charge in [0.05, 0.1) is 16.9 Å². The van der Waals surface area contributed by atoms with Crippen LogP contribution in [0.4, 0.5) is 15.8 Å². The average Bonchev–Trinajstić information content (AvgIpc) is 2.75. The Morgan fingerprint density at radius 2 is 1.86 bits per heavy atom. The third-order valence-corrected chi connectivity index (χ3v) is 4.14. The van der Waals surface area contributed by atoms with E-state index >= 15 is 0 Å². The molecular weight excluding hydrogens is 271 g/mol. The molecule has 0 saturated carbocycles. The normalized spacial score (nSPS) is 13.6. The average molecular weight is 292 g/mol. The second-order valence-corrected chi connectivity index (χ2v) is 5.35. The van der Waals surface area contributed by atoms with Gasteiger partial charge < -0.3 is 10.2 Å². The Bertz CT molecular complexity index is 568. The fourth-order valence-corrected chi connectivity index (χ4v) is 2.65. The van der Waals surface area contributed by atoms with Crippen LogP contribution in [0.1, 0.15) is 44.0 Å². The third kappa shape index (κ3) is 2.91. The summed E-state index contributed by atoms with van der Waals surface area (Å²) in [6.45, 7) is 7.66. The Morgan fingerprint density at radius 3 is 2.43 bits per heavy atom. The van der Waals surface area contributed by atoms with Gasteiger partial charge in [-0.25, -0.2) is 4.39 Å². The molecule has 0 fully saturated rings. The number of ketones is 1. The summed E-state index contributed by atoms with van der Waals surface area (Å²) in [5, 5.41) is 2.49. The van der Waals surface area contributed by atoms with Crippen molar-refractivity contribution >= 4 is 23.1 Å². The fraction of sp³-hybridized carbons (Fsp3) is 0.500. The van der Waals surface area contributed by atoms with Crippen molar-refractivity contribution in [1.82, 2.24) is 0 Å². The first-order chi connectivity index (χ1) is 10.0. The maximum absolute atomic E-state index is 14.3. The van der Waals surface area contributed by atoms with E-state index < -0.39 is 17.5 Å². The van der Waals surface area contributed by atoms with Crippen LogP contribution >= 0.6 is 0 Å². The predicted octanol–water partition coefficient (Wildman–Crippen LogP) is 3.22. The van der Waals surface area contributed by atoms with Crippen LogP contribution in [0.2, 0.25) is 0 Å². The molecule has 1 amide bonds. The molecule has 5 heteroatoms. The molecule has 1 aromatic carbocycles. The smallest absolute Gasteiger partial charge is 0.296 e. The van der Waals surface area contributed by atoms with E-state index in [1.165, 1.54) is 6.07 Å². The summed E-state index contributed by atoms with van der Waals surface area (Å²) in [6.07, 6.45) is 2.07. The molecule has 0 bridgehead atoms. The van der Waals surface area contributed by atoms with Crippen LogP contribution in [-0.2, 0) is 4.79 Å². The van der Waals surface area contributed by atoms with Gasteiger partial charge in [-0.1, -0.05) is 26.7 Å². The van der Waals surface area contributed by atoms with Gasteiger partial charge in [-0.3, -0.25) is 9.59 Å². The molecule has 1 aliphatic heterocycles. The highest BCUT2D eigenvalue weighted by Gasteiger charge is 2.30. The molecule has 0 radical (unpaired) electrons. The predicted molar refractivity (Wildman–Crippen MR) is 81.3 cm³/mol. The highest BCUT2D eigenvalue weighted by Crippen LogP contribution is 2.31. The molecule has 0 unspecified atom stereocenters. The summed E-state index contributed by atoms with van der Waals surface area (Å²) in [5.74, 6) is -1.32. The molecule has 21 heavy (non-hydrogen) atoms. The van der Waals surface area contributed by atoms with E-state index in [1.807, 2.05) is 11.8 Å². The zero-order chi connectivity index (χ0) is 15.6. The van der Waals surface area contributed by atoms with Crippen molar-refractivity contribution in [2.75, 3.05) is 23.3 Å². The number of amides is 1. The molecule has 0 saturated heterocycles. The number of halogens is 1. The number of carbonyl (C=O) groups is 2. The highest BCUT2D eigenvalue weighted by atomic mass is 19.1. The summed E-state index contributed by atoms with van der Waals surface area (Å²) in [4.78, 5) is 24.9. The lowest BCUT2D eigenvalue weighted by atomic mass is 10.0. The van der Waals surface area contributed by atoms with Gasteiger partial charge in [0.2, 0.25) is 0 Å². The SMILES string of the molecule is CCC(CC)CN(CC)c1cc2c(cc1F)C(=O)C(=O)N2. The van der Waals surface area contributed by atoms with Crippen molar-refractivity contribution in [3.63, 3.8) is 0 Å². The maximum Gasteiger partial charge on any atom is 0.296 e. The molecule has 0 spiro atoms. The van der Waals surface area contributed by atoms with Crippen LogP contribution in [0, 0.1) is 11.7 Å². The number of nitrogens with one attached hydrogen (secondary N) is 1. The first kappa shape index (κ1) is 15.5. The largest absolute Gasteiger partial charge is 0.369 e. The van der Waals surface area contributed by atoms with Gasteiger partial charge in [0.1, 0.15) is 5.82 Å². The minimum atomic E-state index is -0.690. The van der Waals surface area contributed by atoms with Crippen LogP contribution in [0.15, 0.2) is 12.1 Å². The maximum atomic E-state index is 14.3. The van der Waals surface area contributed by atoms with E-state index in [4.69, 9.17) is 0 Å². The molecule has 114 valence electrons. The summed E-state index contributed by atoms with van der Waals surface area (Å²) in [7, 11) is 0. The second kappa shape index (κ2) is 6.24. The molecule has 2 rings (SSSR count). The van der Waals surface area contributed by atoms with E-state index in [-0.39, 0.29) is 5.56 Å². The van der Waals surface area contributed by atoms with E-state index in [0.29, 0.717) is 23.8 Å². The van der Waals surface area contributed by atoms with Crippen molar-refractivity contribution in [2.45, 2.75) is 33.6 Å². The van der Waals surface area contributed by atoms with Gasteiger partial charge in [0.15, 0.2) is 0 Å². The standard InChI is InChI=1S/C16H21FN2O2/c1-4-10(5-2)9-19(6-3)14-8-13-11(7-12(14)17)15(20)16(21)18-13/h7-8,10H,4-6,9H2,1-3H3,(H,18,20,21). The number of carbonyl (C=O) groups excluding carboxylic acids is 2. The van der Waals surface area contributed by atoms with Gasteiger partial charge in [0, 0.05) is 13.1 Å². The minimum Gasteiger partial charge on any atom is -0.369 e. The topological polar surface area (TPSA) is 49.4 Å². The van der Waals surface area contributed by atoms with E-state index in [1.54, 1.807) is 6.07 Å². The zero-order valence-corrected chi connectivity index (χ0v) is 12.7. The minimum absolute atomic E-state index is 0.125. The van der Waals surface area contributed by atoms with Crippen LogP contribution in [0.25, 0.3) is 0 Å². The summed E-state index contributed by atoms with van der Waals surface area (Å²) in [6, 6.07) is 2.74. The van der Waals surface area contributed by atoms with Gasteiger partial charge >= 0.3 is 0 Å². The Labute approximate surface area is 124 Å². The lowest BCUT2D eigenvalue weighted by Crippen LogP contribution is -2.29. The van der Waals surface area contributed by atoms with Gasteiger partial charge in [-0.2, -0.15) is 0 Å². The van der Waals surface area contributed by atoms with E-state index in [9.17, 15) is 14.0 Å². The van der Waals surface area contributed by atoms with Crippen molar-refractivity contribution in [2.24, 2.45) is 5.92 Å². The number of Topliss-reactive ketones (excluding diaryl/α,β-unsaturated/α-hetero) is 1. The third-order valence-electron chi connectivity index (χ3n) is 4.14. The molecule has 4 nitrogen and oxygen atoms in total. The van der Waals surface area contributed by atoms with E-state index in [0.717, 1.165) is 19.4 Å². The Kier molecular flexibility index (Phi) is 4.60. The van der Waals surface area contributed by atoms with Crippen molar-refractivity contribution in [3.05, 3.63) is 23.5 Å². The van der Waals surface area contributed by atoms with Crippen molar-refractivity contribution in [3.8, 4) is 0 Å². The van der Waals surface area contributed by atoms with Crippen LogP contribution in [0.5, 0.6) is 0 Å². The molecule has 1 aromatic rings. The number of benzene rings is 1. The molecule has 1 N–H and O–H groups in total. The number of hydrogen-bond donors (Lipinski definition) is 1. The fourth-order valence-electron chi connectivity index (χ4n) is 2.65. The molecule has 0 aliphatic carbocycles. The zero-order valence-electron chi connectivity index (χ0n) is 12.7. The summed E-state index contributed by atoms with van der Waals surface area (Å²) < 4.78 is 14.3. The van der Waals surface area contributed by atoms with Crippen LogP contribution in [-0.4, -0.2) is 24.8 Å². The Morgan fingerprint density at radius 1 is 1.19 bits per heavy atom. The monoisotopic (exact) mass is 292 g/mol. The lowest BCUT2D eigenvalue weighted by Gasteiger charge is -2.28. The quantitative estimate of drug-likeness (QED) is 0.819. The Hall–Kier alpha value is -1.91. The number of nitrogens with zero attached hydrogens (tertiary/aromatic N) is 1. The first-order valence-corrected chi connectivity index (χ1v) is 7.45. The summed E-state index contributed by atoms with van der Waals surface area (Å²) >= 11 is 0. The number of anilines is 2. The van der Waals surface area contributed by atoms with Crippen LogP contribution in [0.3, 0.4) is 0 Å². The van der Waals surface area contributed by atoms with E-state index in [2.05, 4.69) is 19.2 Å². The number of rotatable bonds is 6. The molecule has 0 aromatic heterocycles. The Balaban J connectivity index is 2.33. The molecule has 1 heterocycles. The number of hydrogen-bond acceptors (Lipinski definition) is 3. The van der Waals surface area contributed by atoms with Gasteiger partial charge in [-0.05, 0) is 25.0 Å². The second-order valence-electron chi connectivity index (χ2n) is 5.35. The lowest BCUT2D eigenvalue weighted by molar-refractivity contribution is -0.112. The molecule has 1 aliphatic rings. The molecule has 0 atom stereocenters. The highest BCUT2D eigenvalue weighted by molar-refractivity contribution is 6.51. The van der Waals surface area contributed by atoms with Gasteiger partial charge in [-0.15, -0.1) is 0 Å². The summed E-state index contributed by atoms with van der Waals surface area (Å²) in [5.41, 5.74) is 0.974. The van der Waals surface area contributed by atoms with Crippen LogP contribution < -0.4 is 10.2 Å². The molecular formula is C16H21FN2O2.